The van der Waals surface area contributed by atoms with Crippen LogP contribution in [0.2, 0.25) is 0 Å². The number of benzene rings is 1. The summed E-state index contributed by atoms with van der Waals surface area (Å²) >= 11 is 0. The summed E-state index contributed by atoms with van der Waals surface area (Å²) in [6, 6.07) is 14.7. The summed E-state index contributed by atoms with van der Waals surface area (Å²) in [6.07, 6.45) is 0. The molecule has 0 heterocycles. The Kier molecular flexibility index (Phi) is 15.0. The zero-order chi connectivity index (χ0) is 12.6. The summed E-state index contributed by atoms with van der Waals surface area (Å²) in [7, 11) is 2.72. The predicted octanol–water partition coefficient (Wildman–Crippen LogP) is 4.79. The first-order valence-electron chi connectivity index (χ1n) is 5.17. The van der Waals surface area contributed by atoms with Crippen LogP contribution in [0.15, 0.2) is 42.5 Å². The van der Waals surface area contributed by atoms with Crippen molar-refractivity contribution in [2.45, 2.75) is 26.3 Å². The molecule has 95 valence electrons. The number of nitrogens with one attached hydrogen (secondary N) is 1. The fourth-order valence-electron chi connectivity index (χ4n) is 1.07. The minimum absolute atomic E-state index is 0. The van der Waals surface area contributed by atoms with E-state index in [0.29, 0.717) is 0 Å². The molecule has 1 nitrogen and oxygen atoms in total. The van der Waals surface area contributed by atoms with E-state index in [1.807, 2.05) is 20.8 Å². The van der Waals surface area contributed by atoms with Gasteiger partial charge in [-0.2, -0.15) is 17.5 Å². The Labute approximate surface area is 131 Å². The molecule has 0 amide bonds. The van der Waals surface area contributed by atoms with E-state index in [4.69, 9.17) is 5.73 Å². The standard InChI is InChI=1S/C9H7.C4H10N.CH2Si.CH3.Ti/c1-2-5-9-7-3-6-8(9)4-1;1-4(2,3)5;1-2;;/h1-7H;5H,1-3H3;1H2;1H3;/q4*-1;+4. The van der Waals surface area contributed by atoms with Gasteiger partial charge >= 0.3 is 21.7 Å². The predicted molar refractivity (Wildman–Crippen MR) is 81.1 cm³/mol. The van der Waals surface area contributed by atoms with Crippen LogP contribution in [-0.4, -0.2) is 15.8 Å². The van der Waals surface area contributed by atoms with Gasteiger partial charge in [0.05, 0.1) is 0 Å². The molecule has 1 N–H and O–H groups in total. The third kappa shape index (κ3) is 12.2. The third-order valence-electron chi connectivity index (χ3n) is 1.55. The summed E-state index contributed by atoms with van der Waals surface area (Å²) in [6.45, 7) is 8.62. The molecule has 18 heavy (non-hydrogen) atoms. The van der Waals surface area contributed by atoms with Gasteiger partial charge in [0.25, 0.3) is 0 Å². The second-order valence-electron chi connectivity index (χ2n) is 4.40. The normalized spacial score (nSPS) is 8.78. The molecule has 0 aliphatic heterocycles. The van der Waals surface area contributed by atoms with Crippen molar-refractivity contribution in [3.8, 4) is 0 Å². The Morgan fingerprint density at radius 2 is 1.56 bits per heavy atom. The van der Waals surface area contributed by atoms with Crippen LogP contribution < -0.4 is 0 Å². The van der Waals surface area contributed by atoms with Gasteiger partial charge in [-0.05, 0) is 0 Å². The fraction of sp³-hybridized carbons (Fsp3) is 0.267. The van der Waals surface area contributed by atoms with Crippen LogP contribution in [0.1, 0.15) is 20.8 Å². The summed E-state index contributed by atoms with van der Waals surface area (Å²) in [5, 5.41) is 2.66. The van der Waals surface area contributed by atoms with Crippen molar-refractivity contribution in [1.82, 2.24) is 0 Å². The minimum Gasteiger partial charge on any atom is -0.673 e. The van der Waals surface area contributed by atoms with Crippen molar-refractivity contribution in [3.63, 3.8) is 0 Å². The SMILES string of the molecule is CC(C)(C)[NH-].[CH2-][Si].[CH3-].[Ti+4].c1ccc2[cH-]ccc2c1. The summed E-state index contributed by atoms with van der Waals surface area (Å²) in [5.74, 6) is 0. The monoisotopic (exact) mass is 292 g/mol. The Morgan fingerprint density at radius 3 is 2.00 bits per heavy atom. The summed E-state index contributed by atoms with van der Waals surface area (Å²) < 4.78 is 0. The molecule has 0 aliphatic carbocycles. The van der Waals surface area contributed by atoms with Gasteiger partial charge in [0.1, 0.15) is 0 Å². The van der Waals surface area contributed by atoms with Crippen molar-refractivity contribution in [3.05, 3.63) is 62.2 Å². The maximum atomic E-state index is 6.94. The fourth-order valence-corrected chi connectivity index (χ4v) is 1.07. The van der Waals surface area contributed by atoms with Crippen molar-refractivity contribution < 1.29 is 21.7 Å². The van der Waals surface area contributed by atoms with Crippen LogP contribution in [0.5, 0.6) is 0 Å². The van der Waals surface area contributed by atoms with Crippen molar-refractivity contribution in [1.29, 1.82) is 0 Å². The van der Waals surface area contributed by atoms with Crippen LogP contribution in [0.3, 0.4) is 0 Å². The summed E-state index contributed by atoms with van der Waals surface area (Å²) in [4.78, 5) is 0. The Bertz CT molecular complexity index is 354. The minimum atomic E-state index is -0.250. The van der Waals surface area contributed by atoms with Crippen molar-refractivity contribution in [2.24, 2.45) is 0 Å². The zero-order valence-corrected chi connectivity index (χ0v) is 14.3. The van der Waals surface area contributed by atoms with E-state index >= 15 is 0 Å². The van der Waals surface area contributed by atoms with Crippen LogP contribution in [0.25, 0.3) is 16.5 Å². The van der Waals surface area contributed by atoms with E-state index in [9.17, 15) is 0 Å². The number of hydrogen-bond donors (Lipinski definition) is 0. The molecular formula is C15H22NSiTi. The Morgan fingerprint density at radius 1 is 1.11 bits per heavy atom. The molecule has 0 aliphatic rings. The molecule has 0 spiro atoms. The van der Waals surface area contributed by atoms with Crippen molar-refractivity contribution >= 4 is 21.0 Å². The molecule has 3 heteroatoms. The van der Waals surface area contributed by atoms with Gasteiger partial charge in [0.15, 0.2) is 0 Å². The van der Waals surface area contributed by atoms with Crippen LogP contribution in [-0.2, 0) is 21.7 Å². The van der Waals surface area contributed by atoms with Gasteiger partial charge in [0, 0.05) is 0 Å². The quantitative estimate of drug-likeness (QED) is 0.492. The van der Waals surface area contributed by atoms with E-state index in [1.165, 1.54) is 10.8 Å². The van der Waals surface area contributed by atoms with Crippen LogP contribution >= 0.6 is 0 Å². The second kappa shape index (κ2) is 11.8. The van der Waals surface area contributed by atoms with Crippen LogP contribution in [0, 0.1) is 14.0 Å². The van der Waals surface area contributed by atoms with Crippen LogP contribution in [0.4, 0.5) is 0 Å². The third-order valence-corrected chi connectivity index (χ3v) is 1.55. The van der Waals surface area contributed by atoms with E-state index in [2.05, 4.69) is 59.3 Å². The van der Waals surface area contributed by atoms with E-state index in [-0.39, 0.29) is 34.7 Å². The molecule has 0 atom stereocenters. The van der Waals surface area contributed by atoms with Gasteiger partial charge in [-0.25, -0.2) is 10.2 Å². The maximum Gasteiger partial charge on any atom is 4.00 e. The number of fused-ring (bicyclic) bond motifs is 1. The molecule has 0 saturated carbocycles. The van der Waals surface area contributed by atoms with Gasteiger partial charge < -0.3 is 19.7 Å². The number of hydrogen-bond acceptors (Lipinski definition) is 0. The zero-order valence-electron chi connectivity index (χ0n) is 11.7. The first kappa shape index (κ1) is 22.9. The molecule has 3 radical (unpaired) electrons. The average molecular weight is 292 g/mol. The van der Waals surface area contributed by atoms with E-state index < -0.39 is 0 Å². The molecule has 2 rings (SSSR count). The molecule has 2 aromatic carbocycles. The molecule has 0 unspecified atom stereocenters. The largest absolute Gasteiger partial charge is 4.00 e. The van der Waals surface area contributed by atoms with Gasteiger partial charge in [0.2, 0.25) is 0 Å². The average Bonchev–Trinajstić information content (AvgIpc) is 2.66. The van der Waals surface area contributed by atoms with Gasteiger partial charge in [-0.1, -0.05) is 26.8 Å². The molecule has 0 aromatic heterocycles. The number of rotatable bonds is 0. The van der Waals surface area contributed by atoms with Gasteiger partial charge in [-0.15, -0.1) is 35.2 Å². The summed E-state index contributed by atoms with van der Waals surface area (Å²) in [5.41, 5.74) is 6.69. The molecule has 0 saturated heterocycles. The first-order valence-corrected chi connectivity index (χ1v) is 5.88. The smallest absolute Gasteiger partial charge is 0.673 e. The van der Waals surface area contributed by atoms with Crippen molar-refractivity contribution in [2.75, 3.05) is 0 Å². The molecular weight excluding hydrogens is 270 g/mol. The molecule has 0 fully saturated rings. The maximum absolute atomic E-state index is 6.94. The van der Waals surface area contributed by atoms with E-state index in [1.54, 1.807) is 0 Å². The Hall–Kier alpha value is -0.279. The topological polar surface area (TPSA) is 23.8 Å². The van der Waals surface area contributed by atoms with E-state index in [0.717, 1.165) is 0 Å². The van der Waals surface area contributed by atoms with Gasteiger partial charge in [-0.3, -0.25) is 0 Å². The molecule has 2 aromatic rings. The molecule has 0 bridgehead atoms. The Balaban J connectivity index is -0.000000222. The first-order chi connectivity index (χ1) is 7.47. The second-order valence-corrected chi connectivity index (χ2v) is 4.40.